The third-order valence-electron chi connectivity index (χ3n) is 4.79. The Morgan fingerprint density at radius 1 is 1.00 bits per heavy atom. The first-order valence-electron chi connectivity index (χ1n) is 10.4. The summed E-state index contributed by atoms with van der Waals surface area (Å²) in [4.78, 5) is 21.4. The largest absolute Gasteiger partial charge is 0.492 e. The van der Waals surface area contributed by atoms with E-state index in [-0.39, 0.29) is 16.1 Å². The first-order chi connectivity index (χ1) is 15.4. The van der Waals surface area contributed by atoms with Gasteiger partial charge in [-0.25, -0.2) is 18.4 Å². The van der Waals surface area contributed by atoms with Gasteiger partial charge >= 0.3 is 0 Å². The van der Waals surface area contributed by atoms with E-state index in [1.807, 2.05) is 37.3 Å². The van der Waals surface area contributed by atoms with E-state index in [2.05, 4.69) is 15.3 Å². The van der Waals surface area contributed by atoms with Gasteiger partial charge in [-0.3, -0.25) is 4.79 Å². The minimum Gasteiger partial charge on any atom is -0.492 e. The van der Waals surface area contributed by atoms with Crippen molar-refractivity contribution >= 4 is 21.6 Å². The van der Waals surface area contributed by atoms with Crippen molar-refractivity contribution in [2.45, 2.75) is 25.7 Å². The van der Waals surface area contributed by atoms with Gasteiger partial charge in [-0.15, -0.1) is 0 Å². The summed E-state index contributed by atoms with van der Waals surface area (Å²) in [6, 6.07) is 13.9. The maximum Gasteiger partial charge on any atom is 0.258 e. The monoisotopic (exact) mass is 454 g/mol. The maximum atomic E-state index is 12.9. The molecule has 0 bridgehead atoms. The number of aromatic nitrogens is 2. The molecule has 0 aliphatic carbocycles. The van der Waals surface area contributed by atoms with Crippen LogP contribution in [0, 0.1) is 0 Å². The highest BCUT2D eigenvalue weighted by atomic mass is 32.2. The van der Waals surface area contributed by atoms with Crippen molar-refractivity contribution in [3.63, 3.8) is 0 Å². The van der Waals surface area contributed by atoms with Crippen LogP contribution in [0.4, 0.5) is 5.69 Å². The van der Waals surface area contributed by atoms with E-state index >= 15 is 0 Å². The second kappa shape index (κ2) is 10.3. The fourth-order valence-corrected chi connectivity index (χ4v) is 4.62. The molecule has 0 atom stereocenters. The number of anilines is 1. The highest BCUT2D eigenvalue weighted by Crippen LogP contribution is 2.30. The third-order valence-corrected chi connectivity index (χ3v) is 6.83. The first-order valence-corrected chi connectivity index (χ1v) is 11.8. The Labute approximate surface area is 188 Å². The lowest BCUT2D eigenvalue weighted by molar-refractivity contribution is 0.102. The smallest absolute Gasteiger partial charge is 0.258 e. The van der Waals surface area contributed by atoms with Crippen LogP contribution < -0.4 is 10.1 Å². The van der Waals surface area contributed by atoms with Gasteiger partial charge in [0.05, 0.1) is 22.8 Å². The summed E-state index contributed by atoms with van der Waals surface area (Å²) < 4.78 is 32.7. The molecule has 168 valence electrons. The maximum absolute atomic E-state index is 12.9. The second-order valence-electron chi connectivity index (χ2n) is 6.80. The SMILES string of the molecule is CCOc1ccc(S(=O)(=O)N(CC)CC)cc1NC(=O)c1cnc(-c2ccccc2)nc1. The highest BCUT2D eigenvalue weighted by Gasteiger charge is 2.23. The molecule has 1 heterocycles. The molecule has 0 saturated heterocycles. The number of nitrogens with one attached hydrogen (secondary N) is 1. The Morgan fingerprint density at radius 3 is 2.25 bits per heavy atom. The topological polar surface area (TPSA) is 101 Å². The molecule has 1 aromatic heterocycles. The van der Waals surface area contributed by atoms with Crippen molar-refractivity contribution in [1.29, 1.82) is 0 Å². The number of rotatable bonds is 9. The number of benzene rings is 2. The lowest BCUT2D eigenvalue weighted by Crippen LogP contribution is -2.30. The Morgan fingerprint density at radius 2 is 1.66 bits per heavy atom. The molecular formula is C23H26N4O4S. The van der Waals surface area contributed by atoms with Crippen molar-refractivity contribution in [3.8, 4) is 17.1 Å². The summed E-state index contributed by atoms with van der Waals surface area (Å²) in [6.45, 7) is 6.41. The summed E-state index contributed by atoms with van der Waals surface area (Å²) in [7, 11) is -3.69. The number of amides is 1. The summed E-state index contributed by atoms with van der Waals surface area (Å²) in [5, 5.41) is 2.73. The molecular weight excluding hydrogens is 428 g/mol. The Bertz CT molecular complexity index is 1160. The number of hydrogen-bond donors (Lipinski definition) is 1. The fourth-order valence-electron chi connectivity index (χ4n) is 3.14. The molecule has 1 amide bonds. The third kappa shape index (κ3) is 5.12. The van der Waals surface area contributed by atoms with Gasteiger partial charge in [0.15, 0.2) is 5.82 Å². The van der Waals surface area contributed by atoms with Gasteiger partial charge in [0.25, 0.3) is 5.91 Å². The molecule has 8 nitrogen and oxygen atoms in total. The van der Waals surface area contributed by atoms with Crippen molar-refractivity contribution in [1.82, 2.24) is 14.3 Å². The van der Waals surface area contributed by atoms with Crippen LogP contribution in [0.3, 0.4) is 0 Å². The predicted octanol–water partition coefficient (Wildman–Crippen LogP) is 3.83. The average Bonchev–Trinajstić information content (AvgIpc) is 2.81. The minimum atomic E-state index is -3.69. The molecule has 2 aromatic carbocycles. The molecule has 0 saturated carbocycles. The van der Waals surface area contributed by atoms with Crippen molar-refractivity contribution in [2.24, 2.45) is 0 Å². The van der Waals surface area contributed by atoms with E-state index in [1.54, 1.807) is 19.9 Å². The fraction of sp³-hybridized carbons (Fsp3) is 0.261. The summed E-state index contributed by atoms with van der Waals surface area (Å²) in [5.41, 5.74) is 1.34. The van der Waals surface area contributed by atoms with Crippen LogP contribution in [-0.4, -0.2) is 48.3 Å². The summed E-state index contributed by atoms with van der Waals surface area (Å²) in [5.74, 6) is 0.411. The zero-order valence-corrected chi connectivity index (χ0v) is 19.1. The lowest BCUT2D eigenvalue weighted by atomic mass is 10.2. The van der Waals surface area contributed by atoms with Crippen LogP contribution in [0.25, 0.3) is 11.4 Å². The van der Waals surface area contributed by atoms with Crippen LogP contribution in [0.5, 0.6) is 5.75 Å². The van der Waals surface area contributed by atoms with Gasteiger partial charge in [0.1, 0.15) is 5.75 Å². The average molecular weight is 455 g/mol. The first kappa shape index (κ1) is 23.4. The molecule has 0 radical (unpaired) electrons. The van der Waals surface area contributed by atoms with Crippen LogP contribution in [0.15, 0.2) is 65.8 Å². The van der Waals surface area contributed by atoms with E-state index in [1.165, 1.54) is 28.8 Å². The van der Waals surface area contributed by atoms with Crippen LogP contribution in [0.2, 0.25) is 0 Å². The van der Waals surface area contributed by atoms with Crippen LogP contribution in [-0.2, 0) is 10.0 Å². The zero-order valence-electron chi connectivity index (χ0n) is 18.3. The minimum absolute atomic E-state index is 0.0793. The molecule has 0 spiro atoms. The zero-order chi connectivity index (χ0) is 23.1. The van der Waals surface area contributed by atoms with Crippen molar-refractivity contribution in [3.05, 3.63) is 66.5 Å². The highest BCUT2D eigenvalue weighted by molar-refractivity contribution is 7.89. The molecule has 0 aliphatic heterocycles. The number of sulfonamides is 1. The summed E-state index contributed by atoms with van der Waals surface area (Å²) in [6.07, 6.45) is 2.86. The van der Waals surface area contributed by atoms with Gasteiger partial charge in [0, 0.05) is 31.0 Å². The number of nitrogens with zero attached hydrogens (tertiary/aromatic N) is 3. The molecule has 0 fully saturated rings. The Balaban J connectivity index is 1.88. The number of carbonyl (C=O) groups excluding carboxylic acids is 1. The molecule has 1 N–H and O–H groups in total. The Hall–Kier alpha value is -3.30. The van der Waals surface area contributed by atoms with E-state index in [0.717, 1.165) is 5.56 Å². The van der Waals surface area contributed by atoms with E-state index in [4.69, 9.17) is 4.74 Å². The quantitative estimate of drug-likeness (QED) is 0.527. The van der Waals surface area contributed by atoms with Crippen LogP contribution in [0.1, 0.15) is 31.1 Å². The van der Waals surface area contributed by atoms with Gasteiger partial charge in [-0.05, 0) is 25.1 Å². The standard InChI is InChI=1S/C23H26N4O4S/c1-4-27(5-2)32(29,30)19-12-13-21(31-6-3)20(14-19)26-23(28)18-15-24-22(25-16-18)17-10-8-7-9-11-17/h7-16H,4-6H2,1-3H3,(H,26,28). The molecule has 3 aromatic rings. The van der Waals surface area contributed by atoms with Crippen LogP contribution >= 0.6 is 0 Å². The predicted molar refractivity (Wildman–Crippen MR) is 123 cm³/mol. The van der Waals surface area contributed by atoms with Gasteiger partial charge in [0.2, 0.25) is 10.0 Å². The number of ether oxygens (including phenoxy) is 1. The van der Waals surface area contributed by atoms with E-state index in [0.29, 0.717) is 31.3 Å². The molecule has 0 aliphatic rings. The second-order valence-corrected chi connectivity index (χ2v) is 8.73. The lowest BCUT2D eigenvalue weighted by Gasteiger charge is -2.20. The normalized spacial score (nSPS) is 11.4. The molecule has 3 rings (SSSR count). The van der Waals surface area contributed by atoms with Gasteiger partial charge in [-0.2, -0.15) is 4.31 Å². The van der Waals surface area contributed by atoms with Crippen molar-refractivity contribution < 1.29 is 17.9 Å². The van der Waals surface area contributed by atoms with E-state index < -0.39 is 15.9 Å². The molecule has 32 heavy (non-hydrogen) atoms. The number of hydrogen-bond acceptors (Lipinski definition) is 6. The van der Waals surface area contributed by atoms with Gasteiger partial charge < -0.3 is 10.1 Å². The summed E-state index contributed by atoms with van der Waals surface area (Å²) >= 11 is 0. The molecule has 0 unspecified atom stereocenters. The van der Waals surface area contributed by atoms with Crippen molar-refractivity contribution in [2.75, 3.05) is 25.0 Å². The van der Waals surface area contributed by atoms with Gasteiger partial charge in [-0.1, -0.05) is 44.2 Å². The molecule has 9 heteroatoms. The Kier molecular flexibility index (Phi) is 7.55. The number of carbonyl (C=O) groups is 1. The van der Waals surface area contributed by atoms with E-state index in [9.17, 15) is 13.2 Å².